The number of nitrogens with zero attached hydrogens (tertiary/aromatic N) is 4. The summed E-state index contributed by atoms with van der Waals surface area (Å²) in [5, 5.41) is 0. The molecule has 1 atom stereocenters. The van der Waals surface area contributed by atoms with E-state index in [0.29, 0.717) is 0 Å². The van der Waals surface area contributed by atoms with Gasteiger partial charge in [-0.1, -0.05) is 0 Å². The number of piperidine rings is 1. The van der Waals surface area contributed by atoms with Crippen LogP contribution in [0.15, 0.2) is 12.4 Å². The van der Waals surface area contributed by atoms with Crippen LogP contribution in [0.25, 0.3) is 0 Å². The van der Waals surface area contributed by atoms with E-state index in [-0.39, 0.29) is 0 Å². The van der Waals surface area contributed by atoms with Crippen molar-refractivity contribution < 1.29 is 0 Å². The smallest absolute Gasteiger partial charge is 0.132 e. The molecule has 1 unspecified atom stereocenters. The van der Waals surface area contributed by atoms with Crippen LogP contribution in [-0.2, 0) is 0 Å². The predicted octanol–water partition coefficient (Wildman–Crippen LogP) is 2.24. The Balaban J connectivity index is 1.60. The Kier molecular flexibility index (Phi) is 3.69. The van der Waals surface area contributed by atoms with Gasteiger partial charge in [0, 0.05) is 36.9 Å². The van der Waals surface area contributed by atoms with Gasteiger partial charge in [0.25, 0.3) is 0 Å². The van der Waals surface area contributed by atoms with Crippen molar-refractivity contribution in [2.45, 2.75) is 51.6 Å². The van der Waals surface area contributed by atoms with Gasteiger partial charge in [-0.25, -0.2) is 9.97 Å². The van der Waals surface area contributed by atoms with E-state index in [0.717, 1.165) is 36.7 Å². The third kappa shape index (κ3) is 2.73. The number of hydrogen-bond donors (Lipinski definition) is 0. The fraction of sp³-hybridized carbons (Fsp3) is 0.733. The lowest BCUT2D eigenvalue weighted by Crippen LogP contribution is -2.46. The van der Waals surface area contributed by atoms with Gasteiger partial charge in [-0.05, 0) is 46.1 Å². The Labute approximate surface area is 115 Å². The standard InChI is InChI=1S/C15H24N4/c1-12-10-15(17-11-16-12)18-8-5-14(6-9-18)19-7-3-4-13(19)2/h10-11,13-14H,3-9H2,1-2H3. The van der Waals surface area contributed by atoms with Gasteiger partial charge in [-0.3, -0.25) is 4.90 Å². The van der Waals surface area contributed by atoms with Gasteiger partial charge in [0.1, 0.15) is 12.1 Å². The average Bonchev–Trinajstić information content (AvgIpc) is 2.85. The molecule has 0 spiro atoms. The van der Waals surface area contributed by atoms with Crippen LogP contribution in [0.3, 0.4) is 0 Å². The minimum atomic E-state index is 0.789. The van der Waals surface area contributed by atoms with Crippen molar-refractivity contribution in [3.05, 3.63) is 18.1 Å². The van der Waals surface area contributed by atoms with Gasteiger partial charge in [0.15, 0.2) is 0 Å². The lowest BCUT2D eigenvalue weighted by Gasteiger charge is -2.39. The molecule has 2 aliphatic rings. The highest BCUT2D eigenvalue weighted by molar-refractivity contribution is 5.39. The minimum absolute atomic E-state index is 0.789. The molecule has 0 aromatic carbocycles. The average molecular weight is 260 g/mol. The van der Waals surface area contributed by atoms with E-state index in [4.69, 9.17) is 0 Å². The number of likely N-dealkylation sites (tertiary alicyclic amines) is 1. The van der Waals surface area contributed by atoms with Gasteiger partial charge in [0.2, 0.25) is 0 Å². The molecule has 3 heterocycles. The first kappa shape index (κ1) is 12.9. The zero-order valence-corrected chi connectivity index (χ0v) is 12.0. The molecule has 19 heavy (non-hydrogen) atoms. The number of anilines is 1. The van der Waals surface area contributed by atoms with Gasteiger partial charge >= 0.3 is 0 Å². The molecule has 1 aromatic rings. The number of aromatic nitrogens is 2. The van der Waals surface area contributed by atoms with Crippen LogP contribution in [0.1, 0.15) is 38.3 Å². The van der Waals surface area contributed by atoms with Gasteiger partial charge < -0.3 is 4.90 Å². The number of rotatable bonds is 2. The zero-order chi connectivity index (χ0) is 13.2. The molecule has 4 heteroatoms. The van der Waals surface area contributed by atoms with Crippen molar-refractivity contribution >= 4 is 5.82 Å². The van der Waals surface area contributed by atoms with Crippen molar-refractivity contribution in [3.8, 4) is 0 Å². The molecule has 1 aromatic heterocycles. The van der Waals surface area contributed by atoms with Crippen LogP contribution in [0.5, 0.6) is 0 Å². The van der Waals surface area contributed by atoms with Crippen molar-refractivity contribution in [1.82, 2.24) is 14.9 Å². The van der Waals surface area contributed by atoms with Crippen molar-refractivity contribution in [3.63, 3.8) is 0 Å². The maximum Gasteiger partial charge on any atom is 0.132 e. The van der Waals surface area contributed by atoms with E-state index in [1.54, 1.807) is 6.33 Å². The van der Waals surface area contributed by atoms with Crippen LogP contribution in [0.4, 0.5) is 5.82 Å². The molecule has 0 N–H and O–H groups in total. The van der Waals surface area contributed by atoms with E-state index < -0.39 is 0 Å². The van der Waals surface area contributed by atoms with Gasteiger partial charge in [0.05, 0.1) is 0 Å². The molecule has 104 valence electrons. The third-order valence-electron chi connectivity index (χ3n) is 4.65. The maximum absolute atomic E-state index is 4.40. The Morgan fingerprint density at radius 2 is 1.89 bits per heavy atom. The second-order valence-electron chi connectivity index (χ2n) is 5.96. The Bertz CT molecular complexity index is 426. The van der Waals surface area contributed by atoms with Crippen molar-refractivity contribution in [2.24, 2.45) is 0 Å². The highest BCUT2D eigenvalue weighted by Gasteiger charge is 2.30. The fourth-order valence-electron chi connectivity index (χ4n) is 3.54. The van der Waals surface area contributed by atoms with Crippen LogP contribution in [-0.4, -0.2) is 46.6 Å². The molecular weight excluding hydrogens is 236 g/mol. The Morgan fingerprint density at radius 3 is 2.53 bits per heavy atom. The summed E-state index contributed by atoms with van der Waals surface area (Å²) in [4.78, 5) is 13.7. The number of aryl methyl sites for hydroxylation is 1. The minimum Gasteiger partial charge on any atom is -0.356 e. The fourth-order valence-corrected chi connectivity index (χ4v) is 3.54. The topological polar surface area (TPSA) is 32.3 Å². The molecule has 0 bridgehead atoms. The molecule has 0 aliphatic carbocycles. The first-order valence-electron chi connectivity index (χ1n) is 7.53. The van der Waals surface area contributed by atoms with Gasteiger partial charge in [-0.15, -0.1) is 0 Å². The third-order valence-corrected chi connectivity index (χ3v) is 4.65. The SMILES string of the molecule is Cc1cc(N2CCC(N3CCCC3C)CC2)ncn1. The van der Waals surface area contributed by atoms with Crippen LogP contribution >= 0.6 is 0 Å². The summed E-state index contributed by atoms with van der Waals surface area (Å²) >= 11 is 0. The lowest BCUT2D eigenvalue weighted by molar-refractivity contribution is 0.163. The van der Waals surface area contributed by atoms with E-state index in [1.165, 1.54) is 32.2 Å². The van der Waals surface area contributed by atoms with Crippen LogP contribution in [0.2, 0.25) is 0 Å². The van der Waals surface area contributed by atoms with Crippen LogP contribution in [0, 0.1) is 6.92 Å². The quantitative estimate of drug-likeness (QED) is 0.816. The first-order chi connectivity index (χ1) is 9.24. The highest BCUT2D eigenvalue weighted by atomic mass is 15.2. The molecule has 4 nitrogen and oxygen atoms in total. The maximum atomic E-state index is 4.40. The summed E-state index contributed by atoms with van der Waals surface area (Å²) in [6, 6.07) is 3.67. The summed E-state index contributed by atoms with van der Waals surface area (Å²) in [6.45, 7) is 7.98. The molecule has 0 saturated carbocycles. The number of hydrogen-bond acceptors (Lipinski definition) is 4. The van der Waals surface area contributed by atoms with Crippen LogP contribution < -0.4 is 4.90 Å². The predicted molar refractivity (Wildman–Crippen MR) is 77.4 cm³/mol. The molecule has 2 saturated heterocycles. The van der Waals surface area contributed by atoms with E-state index in [2.05, 4.69) is 32.8 Å². The van der Waals surface area contributed by atoms with E-state index in [1.807, 2.05) is 6.92 Å². The lowest BCUT2D eigenvalue weighted by atomic mass is 10.0. The summed E-state index contributed by atoms with van der Waals surface area (Å²) < 4.78 is 0. The van der Waals surface area contributed by atoms with Crippen molar-refractivity contribution in [2.75, 3.05) is 24.5 Å². The second-order valence-corrected chi connectivity index (χ2v) is 5.96. The largest absolute Gasteiger partial charge is 0.356 e. The summed E-state index contributed by atoms with van der Waals surface area (Å²) in [7, 11) is 0. The molecule has 2 fully saturated rings. The molecule has 3 rings (SSSR count). The highest BCUT2D eigenvalue weighted by Crippen LogP contribution is 2.27. The van der Waals surface area contributed by atoms with E-state index in [9.17, 15) is 0 Å². The van der Waals surface area contributed by atoms with Gasteiger partial charge in [-0.2, -0.15) is 0 Å². The molecule has 0 radical (unpaired) electrons. The summed E-state index contributed by atoms with van der Waals surface area (Å²) in [5.74, 6) is 1.10. The summed E-state index contributed by atoms with van der Waals surface area (Å²) in [6.07, 6.45) is 6.98. The monoisotopic (exact) mass is 260 g/mol. The molecular formula is C15H24N4. The Hall–Kier alpha value is -1.16. The second kappa shape index (κ2) is 5.45. The Morgan fingerprint density at radius 1 is 1.11 bits per heavy atom. The molecule has 2 aliphatic heterocycles. The zero-order valence-electron chi connectivity index (χ0n) is 12.0. The molecule has 0 amide bonds. The summed E-state index contributed by atoms with van der Waals surface area (Å²) in [5.41, 5.74) is 1.06. The van der Waals surface area contributed by atoms with E-state index >= 15 is 0 Å². The normalized spacial score (nSPS) is 26.0. The first-order valence-corrected chi connectivity index (χ1v) is 7.53. The van der Waals surface area contributed by atoms with Crippen molar-refractivity contribution in [1.29, 1.82) is 0 Å².